The van der Waals surface area contributed by atoms with Crippen molar-refractivity contribution >= 4 is 10.8 Å². The summed E-state index contributed by atoms with van der Waals surface area (Å²) in [6.07, 6.45) is 1.22. The van der Waals surface area contributed by atoms with Crippen LogP contribution in [0.15, 0.2) is 109 Å². The second-order valence-electron chi connectivity index (χ2n) is 10.8. The van der Waals surface area contributed by atoms with Crippen molar-refractivity contribution in [2.75, 3.05) is 0 Å². The van der Waals surface area contributed by atoms with E-state index in [4.69, 9.17) is 0 Å². The Hall–Kier alpha value is -3.64. The van der Waals surface area contributed by atoms with Crippen LogP contribution in [0.3, 0.4) is 0 Å². The first-order valence-corrected chi connectivity index (χ1v) is 12.7. The van der Waals surface area contributed by atoms with Gasteiger partial charge in [-0.25, -0.2) is 0 Å². The molecule has 1 unspecified atom stereocenters. The van der Waals surface area contributed by atoms with E-state index in [2.05, 4.69) is 109 Å². The van der Waals surface area contributed by atoms with Crippen molar-refractivity contribution < 1.29 is 0 Å². The Morgan fingerprint density at radius 1 is 0.559 bits per heavy atom. The van der Waals surface area contributed by atoms with Crippen LogP contribution >= 0.6 is 0 Å². The fourth-order valence-corrected chi connectivity index (χ4v) is 8.85. The Balaban J connectivity index is 1.40. The van der Waals surface area contributed by atoms with Crippen molar-refractivity contribution in [3.63, 3.8) is 0 Å². The van der Waals surface area contributed by atoms with Crippen LogP contribution in [-0.2, 0) is 11.8 Å². The number of fused-ring (bicyclic) bond motifs is 17. The molecule has 5 aromatic rings. The largest absolute Gasteiger partial charge is 0.0620 e. The minimum atomic E-state index is -0.0475. The molecule has 1 fully saturated rings. The first kappa shape index (κ1) is 17.8. The molecule has 0 amide bonds. The first-order valence-electron chi connectivity index (χ1n) is 12.7. The summed E-state index contributed by atoms with van der Waals surface area (Å²) < 4.78 is 0. The molecule has 9 rings (SSSR count). The summed E-state index contributed by atoms with van der Waals surface area (Å²) in [5.41, 5.74) is 12.3. The van der Waals surface area contributed by atoms with Gasteiger partial charge in [0.1, 0.15) is 0 Å². The Kier molecular flexibility index (Phi) is 3.08. The highest BCUT2D eigenvalue weighted by Gasteiger charge is 2.69. The second kappa shape index (κ2) is 5.88. The maximum atomic E-state index is 2.45. The molecule has 5 aromatic carbocycles. The van der Waals surface area contributed by atoms with Crippen LogP contribution in [-0.4, -0.2) is 0 Å². The van der Waals surface area contributed by atoms with Crippen LogP contribution in [0, 0.1) is 11.8 Å². The Morgan fingerprint density at radius 3 is 2.00 bits per heavy atom. The van der Waals surface area contributed by atoms with Gasteiger partial charge in [-0.05, 0) is 85.4 Å². The number of hydrogen-bond acceptors (Lipinski definition) is 0. The molecule has 160 valence electrons. The topological polar surface area (TPSA) is 0 Å². The monoisotopic (exact) mass is 432 g/mol. The number of benzene rings is 5. The highest BCUT2D eigenvalue weighted by atomic mass is 14.7. The van der Waals surface area contributed by atoms with E-state index in [1.54, 1.807) is 22.3 Å². The van der Waals surface area contributed by atoms with Crippen molar-refractivity contribution in [2.45, 2.75) is 23.7 Å². The van der Waals surface area contributed by atoms with Crippen molar-refractivity contribution in [3.05, 3.63) is 143 Å². The lowest BCUT2D eigenvalue weighted by molar-refractivity contribution is 0.0902. The van der Waals surface area contributed by atoms with Crippen LogP contribution in [0.4, 0.5) is 0 Å². The summed E-state index contributed by atoms with van der Waals surface area (Å²) in [7, 11) is 0. The molecule has 1 saturated carbocycles. The SMILES string of the molecule is c1ccc2c(c1)-c1ccccc1C21c2ccccc2[C@@H]2C3Cc4ccc5ccccc5c4[C@@H]3[C@@H]21. The summed E-state index contributed by atoms with van der Waals surface area (Å²) in [6, 6.07) is 41.8. The van der Waals surface area contributed by atoms with Gasteiger partial charge in [0.15, 0.2) is 0 Å². The minimum absolute atomic E-state index is 0.0475. The highest BCUT2D eigenvalue weighted by molar-refractivity contribution is 5.90. The third kappa shape index (κ3) is 1.78. The van der Waals surface area contributed by atoms with E-state index < -0.39 is 0 Å². The van der Waals surface area contributed by atoms with Crippen molar-refractivity contribution in [3.8, 4) is 11.1 Å². The van der Waals surface area contributed by atoms with E-state index >= 15 is 0 Å². The van der Waals surface area contributed by atoms with Gasteiger partial charge in [0.05, 0.1) is 5.41 Å². The molecule has 0 nitrogen and oxygen atoms in total. The normalized spacial score (nSPS) is 25.8. The summed E-state index contributed by atoms with van der Waals surface area (Å²) in [5, 5.41) is 2.87. The smallest absolute Gasteiger partial charge is 0.0506 e. The molecular weight excluding hydrogens is 408 g/mol. The van der Waals surface area contributed by atoms with Gasteiger partial charge >= 0.3 is 0 Å². The lowest BCUT2D eigenvalue weighted by Gasteiger charge is -2.53. The van der Waals surface area contributed by atoms with E-state index in [1.165, 1.54) is 39.4 Å². The van der Waals surface area contributed by atoms with E-state index in [1.807, 2.05) is 0 Å². The summed E-state index contributed by atoms with van der Waals surface area (Å²) in [4.78, 5) is 0. The van der Waals surface area contributed by atoms with Crippen molar-refractivity contribution in [2.24, 2.45) is 11.8 Å². The molecule has 1 spiro atoms. The first-order chi connectivity index (χ1) is 16.9. The lowest BCUT2D eigenvalue weighted by Crippen LogP contribution is -2.48. The van der Waals surface area contributed by atoms with Crippen LogP contribution in [0.25, 0.3) is 21.9 Å². The fraction of sp³-hybridized carbons (Fsp3) is 0.176. The van der Waals surface area contributed by atoms with Crippen molar-refractivity contribution in [1.82, 2.24) is 0 Å². The second-order valence-corrected chi connectivity index (χ2v) is 10.8. The van der Waals surface area contributed by atoms with Gasteiger partial charge in [-0.3, -0.25) is 0 Å². The maximum Gasteiger partial charge on any atom is 0.0506 e. The zero-order valence-corrected chi connectivity index (χ0v) is 18.9. The third-order valence-corrected chi connectivity index (χ3v) is 9.78. The van der Waals surface area contributed by atoms with Crippen LogP contribution in [0.5, 0.6) is 0 Å². The van der Waals surface area contributed by atoms with Gasteiger partial charge < -0.3 is 0 Å². The van der Waals surface area contributed by atoms with E-state index in [-0.39, 0.29) is 5.41 Å². The van der Waals surface area contributed by atoms with Gasteiger partial charge in [0.2, 0.25) is 0 Å². The van der Waals surface area contributed by atoms with Gasteiger partial charge in [0.25, 0.3) is 0 Å². The quantitative estimate of drug-likeness (QED) is 0.234. The molecule has 0 bridgehead atoms. The third-order valence-electron chi connectivity index (χ3n) is 9.78. The highest BCUT2D eigenvalue weighted by Crippen LogP contribution is 2.77. The van der Waals surface area contributed by atoms with Crippen molar-refractivity contribution in [1.29, 1.82) is 0 Å². The molecule has 0 saturated heterocycles. The molecule has 0 aromatic heterocycles. The summed E-state index contributed by atoms with van der Waals surface area (Å²) in [6.45, 7) is 0. The Bertz CT molecular complexity index is 1630. The van der Waals surface area contributed by atoms with Crippen LogP contribution < -0.4 is 0 Å². The molecular formula is C34H24. The van der Waals surface area contributed by atoms with E-state index in [9.17, 15) is 0 Å². The molecule has 4 aliphatic rings. The molecule has 0 radical (unpaired) electrons. The summed E-state index contributed by atoms with van der Waals surface area (Å²) in [5.74, 6) is 2.53. The van der Waals surface area contributed by atoms with Gasteiger partial charge in [-0.15, -0.1) is 0 Å². The average Bonchev–Trinajstić information content (AvgIpc) is 3.46. The van der Waals surface area contributed by atoms with E-state index in [0.29, 0.717) is 23.7 Å². The lowest BCUT2D eigenvalue weighted by atomic mass is 9.49. The average molecular weight is 433 g/mol. The fourth-order valence-electron chi connectivity index (χ4n) is 8.85. The van der Waals surface area contributed by atoms with Gasteiger partial charge in [-0.1, -0.05) is 109 Å². The Morgan fingerprint density at radius 2 is 1.21 bits per heavy atom. The standard InChI is InChI=1S/C34H24/c1-2-10-22-20(9-1)17-18-21-19-26-31-25-13-5-8-16-29(25)34(33(31)32(26)30(21)22)27-14-6-3-11-23(27)24-12-4-7-15-28(24)34/h1-18,26,31-33H,19H2/t26?,31-,32-,33-/m1/s1. The molecule has 0 heteroatoms. The van der Waals surface area contributed by atoms with Gasteiger partial charge in [-0.2, -0.15) is 0 Å². The number of rotatable bonds is 0. The summed E-state index contributed by atoms with van der Waals surface area (Å²) >= 11 is 0. The predicted molar refractivity (Wildman–Crippen MR) is 138 cm³/mol. The molecule has 0 aliphatic heterocycles. The maximum absolute atomic E-state index is 2.45. The molecule has 34 heavy (non-hydrogen) atoms. The Labute approximate surface area is 199 Å². The number of hydrogen-bond donors (Lipinski definition) is 0. The van der Waals surface area contributed by atoms with Gasteiger partial charge in [0, 0.05) is 0 Å². The zero-order chi connectivity index (χ0) is 22.0. The van der Waals surface area contributed by atoms with E-state index in [0.717, 1.165) is 0 Å². The van der Waals surface area contributed by atoms with Crippen LogP contribution in [0.2, 0.25) is 0 Å². The zero-order valence-electron chi connectivity index (χ0n) is 18.9. The minimum Gasteiger partial charge on any atom is -0.0620 e. The molecule has 4 atom stereocenters. The predicted octanol–water partition coefficient (Wildman–Crippen LogP) is 7.84. The van der Waals surface area contributed by atoms with Crippen LogP contribution in [0.1, 0.15) is 45.2 Å². The molecule has 0 heterocycles. The molecule has 0 N–H and O–H groups in total. The molecule has 4 aliphatic carbocycles.